The summed E-state index contributed by atoms with van der Waals surface area (Å²) in [5, 5.41) is 0. The number of methoxy groups -OCH3 is 1. The van der Waals surface area contributed by atoms with E-state index in [2.05, 4.69) is 47.4 Å². The number of hydrogen-bond acceptors (Lipinski definition) is 3. The minimum atomic E-state index is 0.230. The van der Waals surface area contributed by atoms with Gasteiger partial charge in [-0.25, -0.2) is 0 Å². The van der Waals surface area contributed by atoms with Crippen LogP contribution in [0.3, 0.4) is 0 Å². The maximum Gasteiger partial charge on any atom is 0.120 e. The average molecular weight is 296 g/mol. The van der Waals surface area contributed by atoms with Crippen LogP contribution in [-0.4, -0.2) is 26.2 Å². The van der Waals surface area contributed by atoms with E-state index in [0.29, 0.717) is 5.92 Å². The Hall–Kier alpha value is -2.00. The van der Waals surface area contributed by atoms with Crippen LogP contribution in [0.15, 0.2) is 54.6 Å². The van der Waals surface area contributed by atoms with Gasteiger partial charge in [0.2, 0.25) is 0 Å². The van der Waals surface area contributed by atoms with Crippen LogP contribution in [0, 0.1) is 5.92 Å². The van der Waals surface area contributed by atoms with E-state index in [9.17, 15) is 0 Å². The zero-order valence-electron chi connectivity index (χ0n) is 13.1. The van der Waals surface area contributed by atoms with Gasteiger partial charge in [-0.15, -0.1) is 0 Å². The number of benzene rings is 2. The second kappa shape index (κ2) is 6.84. The highest BCUT2D eigenvalue weighted by Crippen LogP contribution is 2.27. The molecule has 0 amide bonds. The average Bonchev–Trinajstić information content (AvgIpc) is 2.55. The molecule has 116 valence electrons. The van der Waals surface area contributed by atoms with Gasteiger partial charge < -0.3 is 15.4 Å². The van der Waals surface area contributed by atoms with Crippen molar-refractivity contribution in [2.75, 3.05) is 25.1 Å². The van der Waals surface area contributed by atoms with Gasteiger partial charge in [0.05, 0.1) is 7.11 Å². The van der Waals surface area contributed by atoms with Crippen molar-refractivity contribution in [1.29, 1.82) is 0 Å². The van der Waals surface area contributed by atoms with E-state index in [4.69, 9.17) is 10.5 Å². The van der Waals surface area contributed by atoms with Gasteiger partial charge in [-0.2, -0.15) is 0 Å². The molecule has 2 unspecified atom stereocenters. The van der Waals surface area contributed by atoms with Crippen LogP contribution >= 0.6 is 0 Å². The second-order valence-corrected chi connectivity index (χ2v) is 6.16. The number of hydrogen-bond donors (Lipinski definition) is 1. The highest BCUT2D eigenvalue weighted by molar-refractivity contribution is 5.51. The van der Waals surface area contributed by atoms with Gasteiger partial charge in [0.15, 0.2) is 0 Å². The summed E-state index contributed by atoms with van der Waals surface area (Å²) in [5.74, 6) is 1.49. The van der Waals surface area contributed by atoms with Crippen molar-refractivity contribution in [2.24, 2.45) is 11.7 Å². The lowest BCUT2D eigenvalue weighted by molar-refractivity contribution is 0.374. The van der Waals surface area contributed by atoms with Crippen LogP contribution in [0.1, 0.15) is 12.0 Å². The highest BCUT2D eigenvalue weighted by atomic mass is 16.5. The fraction of sp³-hybridized carbons (Fsp3) is 0.368. The van der Waals surface area contributed by atoms with Gasteiger partial charge in [-0.3, -0.25) is 0 Å². The molecule has 1 heterocycles. The smallest absolute Gasteiger partial charge is 0.120 e. The van der Waals surface area contributed by atoms with Crippen LogP contribution in [0.5, 0.6) is 5.75 Å². The summed E-state index contributed by atoms with van der Waals surface area (Å²) in [6, 6.07) is 19.2. The van der Waals surface area contributed by atoms with E-state index in [1.54, 1.807) is 7.11 Å². The van der Waals surface area contributed by atoms with Gasteiger partial charge in [0.1, 0.15) is 5.75 Å². The maximum atomic E-state index is 6.30. The largest absolute Gasteiger partial charge is 0.497 e. The van der Waals surface area contributed by atoms with E-state index >= 15 is 0 Å². The van der Waals surface area contributed by atoms with E-state index in [-0.39, 0.29) is 6.04 Å². The standard InChI is InChI=1S/C19H24N2O/c1-22-19-9-5-8-18(12-19)21-13-16(11-17(20)14-21)10-15-6-3-2-4-7-15/h2-9,12,16-17H,10-11,13-14,20H2,1H3. The molecule has 0 radical (unpaired) electrons. The first-order chi connectivity index (χ1) is 10.7. The third kappa shape index (κ3) is 3.60. The van der Waals surface area contributed by atoms with Crippen LogP contribution < -0.4 is 15.4 Å². The van der Waals surface area contributed by atoms with Crippen molar-refractivity contribution in [3.63, 3.8) is 0 Å². The van der Waals surface area contributed by atoms with Gasteiger partial charge in [0, 0.05) is 30.9 Å². The molecular weight excluding hydrogens is 272 g/mol. The predicted molar refractivity (Wildman–Crippen MR) is 91.4 cm³/mol. The zero-order valence-corrected chi connectivity index (χ0v) is 13.1. The summed E-state index contributed by atoms with van der Waals surface area (Å²) in [6.45, 7) is 1.97. The fourth-order valence-corrected chi connectivity index (χ4v) is 3.36. The Kier molecular flexibility index (Phi) is 4.64. The van der Waals surface area contributed by atoms with E-state index in [1.807, 2.05) is 12.1 Å². The van der Waals surface area contributed by atoms with Crippen LogP contribution in [-0.2, 0) is 6.42 Å². The summed E-state index contributed by atoms with van der Waals surface area (Å²) < 4.78 is 5.34. The summed E-state index contributed by atoms with van der Waals surface area (Å²) in [5.41, 5.74) is 8.90. The number of ether oxygens (including phenoxy) is 1. The zero-order chi connectivity index (χ0) is 15.4. The Labute approximate surface area is 132 Å². The summed E-state index contributed by atoms with van der Waals surface area (Å²) in [7, 11) is 1.71. The molecular formula is C19H24N2O. The molecule has 0 aromatic heterocycles. The van der Waals surface area contributed by atoms with Crippen molar-refractivity contribution in [2.45, 2.75) is 18.9 Å². The van der Waals surface area contributed by atoms with E-state index in [0.717, 1.165) is 31.7 Å². The van der Waals surface area contributed by atoms with Crippen molar-refractivity contribution >= 4 is 5.69 Å². The third-order valence-corrected chi connectivity index (χ3v) is 4.36. The van der Waals surface area contributed by atoms with Gasteiger partial charge >= 0.3 is 0 Å². The molecule has 3 rings (SSSR count). The Bertz CT molecular complexity index is 599. The number of nitrogens with zero attached hydrogens (tertiary/aromatic N) is 1. The first-order valence-corrected chi connectivity index (χ1v) is 7.93. The molecule has 1 aliphatic heterocycles. The Morgan fingerprint density at radius 1 is 1.09 bits per heavy atom. The van der Waals surface area contributed by atoms with Crippen molar-refractivity contribution in [3.05, 3.63) is 60.2 Å². The Morgan fingerprint density at radius 3 is 2.68 bits per heavy atom. The lowest BCUT2D eigenvalue weighted by Gasteiger charge is -2.38. The van der Waals surface area contributed by atoms with Crippen LogP contribution in [0.2, 0.25) is 0 Å². The molecule has 1 aliphatic rings. The Balaban J connectivity index is 1.72. The SMILES string of the molecule is COc1cccc(N2CC(N)CC(Cc3ccccc3)C2)c1. The first kappa shape index (κ1) is 14.9. The molecule has 2 N–H and O–H groups in total. The molecule has 1 saturated heterocycles. The minimum absolute atomic E-state index is 0.230. The third-order valence-electron chi connectivity index (χ3n) is 4.36. The molecule has 22 heavy (non-hydrogen) atoms. The van der Waals surface area contributed by atoms with Crippen molar-refractivity contribution in [3.8, 4) is 5.75 Å². The van der Waals surface area contributed by atoms with E-state index in [1.165, 1.54) is 11.3 Å². The minimum Gasteiger partial charge on any atom is -0.497 e. The quantitative estimate of drug-likeness (QED) is 0.942. The van der Waals surface area contributed by atoms with Gasteiger partial charge in [-0.05, 0) is 36.5 Å². The topological polar surface area (TPSA) is 38.5 Å². The molecule has 1 fully saturated rings. The predicted octanol–water partition coefficient (Wildman–Crippen LogP) is 3.09. The lowest BCUT2D eigenvalue weighted by Crippen LogP contribution is -2.47. The second-order valence-electron chi connectivity index (χ2n) is 6.16. The molecule has 0 bridgehead atoms. The normalized spacial score (nSPS) is 21.6. The molecule has 3 nitrogen and oxygen atoms in total. The molecule has 2 aromatic rings. The summed E-state index contributed by atoms with van der Waals surface area (Å²) >= 11 is 0. The van der Waals surface area contributed by atoms with Gasteiger partial charge in [-0.1, -0.05) is 36.4 Å². The van der Waals surface area contributed by atoms with Gasteiger partial charge in [0.25, 0.3) is 0 Å². The maximum absolute atomic E-state index is 6.30. The highest BCUT2D eigenvalue weighted by Gasteiger charge is 2.25. The molecule has 2 atom stereocenters. The summed E-state index contributed by atoms with van der Waals surface area (Å²) in [6.07, 6.45) is 2.18. The van der Waals surface area contributed by atoms with Crippen LogP contribution in [0.4, 0.5) is 5.69 Å². The number of rotatable bonds is 4. The number of anilines is 1. The molecule has 3 heteroatoms. The monoisotopic (exact) mass is 296 g/mol. The number of nitrogens with two attached hydrogens (primary N) is 1. The lowest BCUT2D eigenvalue weighted by atomic mass is 9.89. The van der Waals surface area contributed by atoms with Crippen molar-refractivity contribution < 1.29 is 4.74 Å². The molecule has 2 aromatic carbocycles. The fourth-order valence-electron chi connectivity index (χ4n) is 3.36. The van der Waals surface area contributed by atoms with E-state index < -0.39 is 0 Å². The van der Waals surface area contributed by atoms with Crippen molar-refractivity contribution in [1.82, 2.24) is 0 Å². The summed E-state index contributed by atoms with van der Waals surface area (Å²) in [4.78, 5) is 2.39. The molecule has 0 aliphatic carbocycles. The number of piperidine rings is 1. The molecule has 0 saturated carbocycles. The van der Waals surface area contributed by atoms with Crippen LogP contribution in [0.25, 0.3) is 0 Å². The Morgan fingerprint density at radius 2 is 1.91 bits per heavy atom. The first-order valence-electron chi connectivity index (χ1n) is 7.93. The molecule has 0 spiro atoms.